The van der Waals surface area contributed by atoms with Crippen molar-refractivity contribution in [2.75, 3.05) is 11.9 Å². The van der Waals surface area contributed by atoms with E-state index in [2.05, 4.69) is 21.2 Å². The summed E-state index contributed by atoms with van der Waals surface area (Å²) in [6.07, 6.45) is 1.38. The van der Waals surface area contributed by atoms with Crippen LogP contribution in [-0.4, -0.2) is 28.0 Å². The third-order valence-corrected chi connectivity index (χ3v) is 3.72. The molecule has 102 valence electrons. The van der Waals surface area contributed by atoms with Crippen LogP contribution in [0.5, 0.6) is 0 Å². The smallest absolute Gasteiger partial charge is 0.294 e. The summed E-state index contributed by atoms with van der Waals surface area (Å²) in [6, 6.07) is 2.78. The van der Waals surface area contributed by atoms with Gasteiger partial charge in [0.2, 0.25) is 0 Å². The molecule has 1 aromatic rings. The molecule has 1 aliphatic carbocycles. The topological polar surface area (TPSA) is 92.5 Å². The molecule has 0 radical (unpaired) electrons. The van der Waals surface area contributed by atoms with E-state index < -0.39 is 10.5 Å². The quantitative estimate of drug-likeness (QED) is 0.492. The SMILES string of the molecule is CC(=O)c1cc(Br)c(NCC2(O)CC2)c([N+](=O)[O-])c1. The number of benzene rings is 1. The van der Waals surface area contributed by atoms with Crippen LogP contribution >= 0.6 is 15.9 Å². The zero-order valence-corrected chi connectivity index (χ0v) is 11.9. The standard InChI is InChI=1S/C12H13BrN2O4/c1-7(16)8-4-9(13)11(10(5-8)15(18)19)14-6-12(17)2-3-12/h4-5,14,17H,2-3,6H2,1H3. The largest absolute Gasteiger partial charge is 0.388 e. The molecule has 6 nitrogen and oxygen atoms in total. The van der Waals surface area contributed by atoms with Gasteiger partial charge in [0.15, 0.2) is 5.78 Å². The van der Waals surface area contributed by atoms with E-state index in [0.29, 0.717) is 17.3 Å². The fraction of sp³-hybridized carbons (Fsp3) is 0.417. The van der Waals surface area contributed by atoms with Crippen molar-refractivity contribution in [2.45, 2.75) is 25.4 Å². The van der Waals surface area contributed by atoms with E-state index in [1.54, 1.807) is 0 Å². The number of ketones is 1. The van der Waals surface area contributed by atoms with Gasteiger partial charge in [-0.3, -0.25) is 14.9 Å². The second-order valence-electron chi connectivity index (χ2n) is 4.74. The van der Waals surface area contributed by atoms with Gasteiger partial charge in [0.25, 0.3) is 5.69 Å². The second kappa shape index (κ2) is 4.90. The number of nitro benzene ring substituents is 1. The number of carbonyl (C=O) groups is 1. The van der Waals surface area contributed by atoms with Gasteiger partial charge in [-0.2, -0.15) is 0 Å². The molecule has 1 fully saturated rings. The Morgan fingerprint density at radius 3 is 2.68 bits per heavy atom. The summed E-state index contributed by atoms with van der Waals surface area (Å²) in [7, 11) is 0. The monoisotopic (exact) mass is 328 g/mol. The van der Waals surface area contributed by atoms with Crippen LogP contribution in [0, 0.1) is 10.1 Å². The van der Waals surface area contributed by atoms with Gasteiger partial charge in [-0.25, -0.2) is 0 Å². The van der Waals surface area contributed by atoms with Crippen molar-refractivity contribution in [3.8, 4) is 0 Å². The highest BCUT2D eigenvalue weighted by molar-refractivity contribution is 9.10. The minimum absolute atomic E-state index is 0.177. The van der Waals surface area contributed by atoms with Crippen molar-refractivity contribution in [3.05, 3.63) is 32.3 Å². The van der Waals surface area contributed by atoms with E-state index in [9.17, 15) is 20.0 Å². The number of aliphatic hydroxyl groups is 1. The normalized spacial score (nSPS) is 15.9. The predicted molar refractivity (Wildman–Crippen MR) is 73.5 cm³/mol. The van der Waals surface area contributed by atoms with E-state index in [4.69, 9.17) is 0 Å². The van der Waals surface area contributed by atoms with Crippen LogP contribution in [0.1, 0.15) is 30.1 Å². The predicted octanol–water partition coefficient (Wildman–Crippen LogP) is 2.50. The Balaban J connectivity index is 2.34. The molecule has 19 heavy (non-hydrogen) atoms. The highest BCUT2D eigenvalue weighted by Gasteiger charge is 2.40. The summed E-state index contributed by atoms with van der Waals surface area (Å²) < 4.78 is 0.441. The molecule has 0 aromatic heterocycles. The van der Waals surface area contributed by atoms with Gasteiger partial charge < -0.3 is 10.4 Å². The lowest BCUT2D eigenvalue weighted by atomic mass is 10.1. The van der Waals surface area contributed by atoms with E-state index in [-0.39, 0.29) is 29.3 Å². The minimum Gasteiger partial charge on any atom is -0.388 e. The van der Waals surface area contributed by atoms with Crippen molar-refractivity contribution in [2.24, 2.45) is 0 Å². The number of rotatable bonds is 5. The van der Waals surface area contributed by atoms with Crippen molar-refractivity contribution in [1.29, 1.82) is 0 Å². The van der Waals surface area contributed by atoms with Crippen molar-refractivity contribution >= 4 is 33.1 Å². The highest BCUT2D eigenvalue weighted by Crippen LogP contribution is 2.38. The summed E-state index contributed by atoms with van der Waals surface area (Å²) in [5.41, 5.74) is -0.375. The summed E-state index contributed by atoms with van der Waals surface area (Å²) in [6.45, 7) is 1.61. The first-order valence-electron chi connectivity index (χ1n) is 5.77. The average Bonchev–Trinajstić information content (AvgIpc) is 3.05. The number of hydrogen-bond donors (Lipinski definition) is 2. The Morgan fingerprint density at radius 1 is 1.58 bits per heavy atom. The minimum atomic E-state index is -0.757. The van der Waals surface area contributed by atoms with Gasteiger partial charge in [-0.05, 0) is 41.8 Å². The zero-order chi connectivity index (χ0) is 14.2. The van der Waals surface area contributed by atoms with Gasteiger partial charge in [0.1, 0.15) is 5.69 Å². The molecule has 0 atom stereocenters. The Labute approximate surface area is 118 Å². The molecular formula is C12H13BrN2O4. The van der Waals surface area contributed by atoms with E-state index >= 15 is 0 Å². The molecule has 0 heterocycles. The molecule has 0 bridgehead atoms. The van der Waals surface area contributed by atoms with Gasteiger partial charge in [0, 0.05) is 22.6 Å². The van der Waals surface area contributed by atoms with E-state index in [0.717, 1.165) is 0 Å². The molecule has 1 aromatic carbocycles. The third-order valence-electron chi connectivity index (χ3n) is 3.09. The van der Waals surface area contributed by atoms with Crippen molar-refractivity contribution < 1.29 is 14.8 Å². The molecule has 0 unspecified atom stereocenters. The molecule has 7 heteroatoms. The summed E-state index contributed by atoms with van der Waals surface area (Å²) in [4.78, 5) is 21.8. The molecule has 0 amide bonds. The maximum absolute atomic E-state index is 11.3. The summed E-state index contributed by atoms with van der Waals surface area (Å²) >= 11 is 3.22. The first-order valence-corrected chi connectivity index (χ1v) is 6.57. The van der Waals surface area contributed by atoms with Crippen molar-refractivity contribution in [1.82, 2.24) is 0 Å². The Kier molecular flexibility index (Phi) is 3.60. The molecule has 2 N–H and O–H groups in total. The maximum Gasteiger partial charge on any atom is 0.294 e. The number of nitro groups is 1. The fourth-order valence-electron chi connectivity index (χ4n) is 1.69. The molecule has 0 spiro atoms. The van der Waals surface area contributed by atoms with E-state index in [1.165, 1.54) is 19.1 Å². The van der Waals surface area contributed by atoms with Crippen LogP contribution < -0.4 is 5.32 Å². The zero-order valence-electron chi connectivity index (χ0n) is 10.3. The number of Topliss-reactive ketones (excluding diaryl/α,β-unsaturated/α-hetero) is 1. The number of halogens is 1. The van der Waals surface area contributed by atoms with Crippen LogP contribution in [-0.2, 0) is 0 Å². The van der Waals surface area contributed by atoms with Crippen LogP contribution in [0.4, 0.5) is 11.4 Å². The molecule has 1 saturated carbocycles. The lowest BCUT2D eigenvalue weighted by Gasteiger charge is -2.13. The molecular weight excluding hydrogens is 316 g/mol. The molecule has 0 aliphatic heterocycles. The molecule has 2 rings (SSSR count). The second-order valence-corrected chi connectivity index (χ2v) is 5.60. The lowest BCUT2D eigenvalue weighted by molar-refractivity contribution is -0.384. The number of carbonyl (C=O) groups excluding carboxylic acids is 1. The Bertz CT molecular complexity index is 555. The first kappa shape index (κ1) is 14.0. The molecule has 1 aliphatic rings. The van der Waals surface area contributed by atoms with Gasteiger partial charge >= 0.3 is 0 Å². The average molecular weight is 329 g/mol. The van der Waals surface area contributed by atoms with Crippen LogP contribution in [0.3, 0.4) is 0 Å². The van der Waals surface area contributed by atoms with Gasteiger partial charge in [-0.15, -0.1) is 0 Å². The van der Waals surface area contributed by atoms with Gasteiger partial charge in [0.05, 0.1) is 10.5 Å². The van der Waals surface area contributed by atoms with E-state index in [1.807, 2.05) is 0 Å². The fourth-order valence-corrected chi connectivity index (χ4v) is 2.28. The number of nitrogens with zero attached hydrogens (tertiary/aromatic N) is 1. The number of hydrogen-bond acceptors (Lipinski definition) is 5. The lowest BCUT2D eigenvalue weighted by Crippen LogP contribution is -2.21. The Hall–Kier alpha value is -1.47. The first-order chi connectivity index (χ1) is 8.82. The van der Waals surface area contributed by atoms with Crippen molar-refractivity contribution in [3.63, 3.8) is 0 Å². The number of nitrogens with one attached hydrogen (secondary N) is 1. The molecule has 0 saturated heterocycles. The maximum atomic E-state index is 11.3. The highest BCUT2D eigenvalue weighted by atomic mass is 79.9. The van der Waals surface area contributed by atoms with Gasteiger partial charge in [-0.1, -0.05) is 0 Å². The Morgan fingerprint density at radius 2 is 2.21 bits per heavy atom. The van der Waals surface area contributed by atoms with Crippen LogP contribution in [0.25, 0.3) is 0 Å². The summed E-state index contributed by atoms with van der Waals surface area (Å²) in [5.74, 6) is -0.240. The van der Waals surface area contributed by atoms with Crippen LogP contribution in [0.2, 0.25) is 0 Å². The third kappa shape index (κ3) is 3.10. The van der Waals surface area contributed by atoms with Crippen LogP contribution in [0.15, 0.2) is 16.6 Å². The number of anilines is 1. The summed E-state index contributed by atoms with van der Waals surface area (Å²) in [5, 5.41) is 23.7.